The van der Waals surface area contributed by atoms with Crippen molar-refractivity contribution in [3.05, 3.63) is 65.4 Å². The molecule has 30 heavy (non-hydrogen) atoms. The van der Waals surface area contributed by atoms with Gasteiger partial charge >= 0.3 is 5.97 Å². The smallest absolute Gasteiger partial charge is 0.344 e. The molecule has 0 saturated heterocycles. The molecule has 0 saturated carbocycles. The van der Waals surface area contributed by atoms with Crippen molar-refractivity contribution >= 4 is 11.9 Å². The molecule has 3 aromatic rings. The van der Waals surface area contributed by atoms with Crippen molar-refractivity contribution in [2.75, 3.05) is 13.4 Å². The molecule has 1 N–H and O–H groups in total. The van der Waals surface area contributed by atoms with Gasteiger partial charge in [0.1, 0.15) is 17.0 Å². The molecular weight excluding hydrogens is 388 g/mol. The first-order valence-electron chi connectivity index (χ1n) is 9.40. The Bertz CT molecular complexity index is 1080. The number of nitrogens with zero attached hydrogens (tertiary/aromatic N) is 1. The molecule has 0 fully saturated rings. The van der Waals surface area contributed by atoms with Gasteiger partial charge in [0, 0.05) is 5.56 Å². The molecule has 8 nitrogen and oxygen atoms in total. The van der Waals surface area contributed by atoms with Crippen molar-refractivity contribution in [2.45, 2.75) is 19.9 Å². The predicted octanol–water partition coefficient (Wildman–Crippen LogP) is 3.41. The van der Waals surface area contributed by atoms with Gasteiger partial charge in [-0.15, -0.1) is 0 Å². The second-order valence-electron chi connectivity index (χ2n) is 6.81. The summed E-state index contributed by atoms with van der Waals surface area (Å²) < 4.78 is 21.0. The summed E-state index contributed by atoms with van der Waals surface area (Å²) in [5.41, 5.74) is 2.16. The molecule has 2 heterocycles. The quantitative estimate of drug-likeness (QED) is 0.624. The van der Waals surface area contributed by atoms with Gasteiger partial charge in [-0.25, -0.2) is 4.79 Å². The first-order valence-corrected chi connectivity index (χ1v) is 9.40. The van der Waals surface area contributed by atoms with Crippen molar-refractivity contribution < 1.29 is 28.3 Å². The Hall–Kier alpha value is -3.81. The van der Waals surface area contributed by atoms with Crippen LogP contribution in [0.3, 0.4) is 0 Å². The molecule has 0 spiro atoms. The fourth-order valence-corrected chi connectivity index (χ4v) is 3.16. The minimum absolute atomic E-state index is 0.183. The van der Waals surface area contributed by atoms with Crippen molar-refractivity contribution in [3.8, 4) is 22.8 Å². The van der Waals surface area contributed by atoms with Crippen LogP contribution in [0.15, 0.2) is 53.1 Å². The lowest BCUT2D eigenvalue weighted by atomic mass is 10.1. The van der Waals surface area contributed by atoms with Gasteiger partial charge in [0.05, 0.1) is 6.04 Å². The number of hydrogen-bond acceptors (Lipinski definition) is 7. The number of amides is 1. The zero-order chi connectivity index (χ0) is 21.1. The van der Waals surface area contributed by atoms with Crippen LogP contribution in [0.25, 0.3) is 11.3 Å². The number of benzene rings is 2. The van der Waals surface area contributed by atoms with Gasteiger partial charge in [0.25, 0.3) is 5.91 Å². The largest absolute Gasteiger partial charge is 0.454 e. The van der Waals surface area contributed by atoms with Crippen LogP contribution in [0.1, 0.15) is 34.6 Å². The number of esters is 1. The lowest BCUT2D eigenvalue weighted by molar-refractivity contribution is -0.124. The number of fused-ring (bicyclic) bond motifs is 1. The van der Waals surface area contributed by atoms with Crippen LogP contribution < -0.4 is 14.8 Å². The highest BCUT2D eigenvalue weighted by Gasteiger charge is 2.24. The minimum atomic E-state index is -0.668. The summed E-state index contributed by atoms with van der Waals surface area (Å²) in [7, 11) is 0. The first kappa shape index (κ1) is 19.5. The fourth-order valence-electron chi connectivity index (χ4n) is 3.16. The minimum Gasteiger partial charge on any atom is -0.454 e. The van der Waals surface area contributed by atoms with E-state index in [-0.39, 0.29) is 18.4 Å². The topological polar surface area (TPSA) is 99.9 Å². The highest BCUT2D eigenvalue weighted by molar-refractivity contribution is 5.98. The van der Waals surface area contributed by atoms with Crippen LogP contribution in [0.4, 0.5) is 0 Å². The summed E-state index contributed by atoms with van der Waals surface area (Å²) >= 11 is 0. The molecule has 1 aliphatic rings. The maximum Gasteiger partial charge on any atom is 0.344 e. The summed E-state index contributed by atoms with van der Waals surface area (Å²) in [6, 6.07) is 14.3. The summed E-state index contributed by atoms with van der Waals surface area (Å²) in [4.78, 5) is 24.9. The highest BCUT2D eigenvalue weighted by Crippen LogP contribution is 2.34. The number of rotatable bonds is 6. The van der Waals surface area contributed by atoms with Gasteiger partial charge in [-0.3, -0.25) is 4.79 Å². The Morgan fingerprint density at radius 2 is 1.90 bits per heavy atom. The summed E-state index contributed by atoms with van der Waals surface area (Å²) in [6.45, 7) is 3.21. The monoisotopic (exact) mass is 408 g/mol. The molecular formula is C22H20N2O6. The maximum atomic E-state index is 12.6. The van der Waals surface area contributed by atoms with E-state index in [1.165, 1.54) is 0 Å². The van der Waals surface area contributed by atoms with Crippen LogP contribution in [-0.2, 0) is 9.53 Å². The Kier molecular flexibility index (Phi) is 5.38. The molecule has 4 rings (SSSR count). The summed E-state index contributed by atoms with van der Waals surface area (Å²) in [6.07, 6.45) is 0. The first-order chi connectivity index (χ1) is 14.5. The number of carbonyl (C=O) groups excluding carboxylic acids is 2. The van der Waals surface area contributed by atoms with Gasteiger partial charge < -0.3 is 24.1 Å². The maximum absolute atomic E-state index is 12.6. The van der Waals surface area contributed by atoms with Crippen LogP contribution in [0, 0.1) is 6.92 Å². The lowest BCUT2D eigenvalue weighted by Crippen LogP contribution is -2.31. The number of nitrogens with one attached hydrogen (secondary N) is 1. The van der Waals surface area contributed by atoms with E-state index in [0.29, 0.717) is 23.0 Å². The third-order valence-corrected chi connectivity index (χ3v) is 4.72. The van der Waals surface area contributed by atoms with Gasteiger partial charge in [-0.1, -0.05) is 41.6 Å². The zero-order valence-corrected chi connectivity index (χ0v) is 16.5. The van der Waals surface area contributed by atoms with Crippen LogP contribution in [-0.4, -0.2) is 30.4 Å². The molecule has 0 radical (unpaired) electrons. The summed E-state index contributed by atoms with van der Waals surface area (Å²) in [5, 5.41) is 6.75. The SMILES string of the molecule is Cc1onc(-c2ccccc2)c1C(=O)OCC(=O)N[C@@H](C)c1ccc2c(c1)OCO2. The van der Waals surface area contributed by atoms with E-state index in [4.69, 9.17) is 18.7 Å². The fraction of sp³-hybridized carbons (Fsp3) is 0.227. The van der Waals surface area contributed by atoms with Gasteiger partial charge in [0.15, 0.2) is 18.1 Å². The van der Waals surface area contributed by atoms with Crippen LogP contribution >= 0.6 is 0 Å². The number of ether oxygens (including phenoxy) is 3. The number of aromatic nitrogens is 1. The molecule has 0 unspecified atom stereocenters. The van der Waals surface area contributed by atoms with Crippen molar-refractivity contribution in [1.29, 1.82) is 0 Å². The van der Waals surface area contributed by atoms with Crippen molar-refractivity contribution in [1.82, 2.24) is 10.5 Å². The lowest BCUT2D eigenvalue weighted by Gasteiger charge is -2.15. The summed E-state index contributed by atoms with van der Waals surface area (Å²) in [5.74, 6) is 0.538. The standard InChI is InChI=1S/C22H20N2O6/c1-13(16-8-9-17-18(10-16)29-12-28-17)23-19(25)11-27-22(26)20-14(2)30-24-21(20)15-6-4-3-5-7-15/h3-10,13H,11-12H2,1-2H3,(H,23,25)/t13-/m0/s1. The third-order valence-electron chi connectivity index (χ3n) is 4.72. The number of hydrogen-bond donors (Lipinski definition) is 1. The Labute approximate surface area is 172 Å². The molecule has 2 aromatic carbocycles. The highest BCUT2D eigenvalue weighted by atomic mass is 16.7. The molecule has 1 atom stereocenters. The Morgan fingerprint density at radius 3 is 2.70 bits per heavy atom. The molecule has 154 valence electrons. The normalized spacial score (nSPS) is 13.0. The van der Waals surface area contributed by atoms with E-state index in [9.17, 15) is 9.59 Å². The molecule has 1 amide bonds. The van der Waals surface area contributed by atoms with Crippen molar-refractivity contribution in [3.63, 3.8) is 0 Å². The van der Waals surface area contributed by atoms with Gasteiger partial charge in [0.2, 0.25) is 6.79 Å². The second kappa shape index (κ2) is 8.28. The van der Waals surface area contributed by atoms with E-state index in [0.717, 1.165) is 11.1 Å². The van der Waals surface area contributed by atoms with Gasteiger partial charge in [-0.2, -0.15) is 0 Å². The molecule has 1 aromatic heterocycles. The van der Waals surface area contributed by atoms with Crippen molar-refractivity contribution in [2.24, 2.45) is 0 Å². The Morgan fingerprint density at radius 1 is 1.13 bits per heavy atom. The van der Waals surface area contributed by atoms with E-state index in [2.05, 4.69) is 10.5 Å². The van der Waals surface area contributed by atoms with E-state index in [1.807, 2.05) is 49.4 Å². The number of carbonyl (C=O) groups is 2. The zero-order valence-electron chi connectivity index (χ0n) is 16.5. The molecule has 0 bridgehead atoms. The molecule has 0 aliphatic carbocycles. The average Bonchev–Trinajstić information content (AvgIpc) is 3.38. The Balaban J connectivity index is 1.37. The number of aryl methyl sites for hydroxylation is 1. The van der Waals surface area contributed by atoms with Gasteiger partial charge in [-0.05, 0) is 31.5 Å². The predicted molar refractivity (Wildman–Crippen MR) is 106 cm³/mol. The molecule has 8 heteroatoms. The second-order valence-corrected chi connectivity index (χ2v) is 6.81. The average molecular weight is 408 g/mol. The van der Waals surface area contributed by atoms with E-state index < -0.39 is 18.5 Å². The molecule has 1 aliphatic heterocycles. The van der Waals surface area contributed by atoms with Crippen LogP contribution in [0.2, 0.25) is 0 Å². The van der Waals surface area contributed by atoms with E-state index in [1.54, 1.807) is 13.0 Å². The van der Waals surface area contributed by atoms with E-state index >= 15 is 0 Å². The van der Waals surface area contributed by atoms with Crippen LogP contribution in [0.5, 0.6) is 11.5 Å². The third kappa shape index (κ3) is 3.98.